The molecule has 2 N–H and O–H groups in total. The van der Waals surface area contributed by atoms with E-state index in [2.05, 4.69) is 4.72 Å². The molecule has 0 radical (unpaired) electrons. The Morgan fingerprint density at radius 2 is 1.65 bits per heavy atom. The van der Waals surface area contributed by atoms with E-state index in [9.17, 15) is 18.3 Å². The summed E-state index contributed by atoms with van der Waals surface area (Å²) in [5.41, 5.74) is 3.21. The highest BCUT2D eigenvalue weighted by molar-refractivity contribution is 7.91. The molecule has 0 bridgehead atoms. The molecular formula is C17H19NO4S. The Hall–Kier alpha value is -2.34. The van der Waals surface area contributed by atoms with Crippen LogP contribution in [-0.2, 0) is 15.8 Å². The van der Waals surface area contributed by atoms with Crippen LogP contribution in [0.3, 0.4) is 0 Å². The van der Waals surface area contributed by atoms with Crippen LogP contribution >= 0.6 is 0 Å². The maximum absolute atomic E-state index is 12.3. The summed E-state index contributed by atoms with van der Waals surface area (Å²) in [6.07, 6.45) is 0. The van der Waals surface area contributed by atoms with Crippen molar-refractivity contribution in [1.29, 1.82) is 0 Å². The Balaban J connectivity index is 2.37. The molecule has 0 atom stereocenters. The molecule has 0 amide bonds. The summed E-state index contributed by atoms with van der Waals surface area (Å²) in [6.45, 7) is 5.27. The molecule has 122 valence electrons. The molecule has 0 aromatic heterocycles. The number of aromatic carboxylic acids is 1. The summed E-state index contributed by atoms with van der Waals surface area (Å²) < 4.78 is 27.2. The Bertz CT molecular complexity index is 843. The first-order valence-corrected chi connectivity index (χ1v) is 8.75. The first-order chi connectivity index (χ1) is 10.7. The number of hydrogen-bond donors (Lipinski definition) is 2. The van der Waals surface area contributed by atoms with Gasteiger partial charge in [0.1, 0.15) is 0 Å². The van der Waals surface area contributed by atoms with E-state index in [1.165, 1.54) is 6.07 Å². The number of rotatable bonds is 5. The van der Waals surface area contributed by atoms with Gasteiger partial charge < -0.3 is 5.11 Å². The molecular weight excluding hydrogens is 314 g/mol. The van der Waals surface area contributed by atoms with E-state index in [0.29, 0.717) is 16.8 Å². The highest BCUT2D eigenvalue weighted by Gasteiger charge is 2.18. The van der Waals surface area contributed by atoms with Crippen LogP contribution in [-0.4, -0.2) is 19.5 Å². The number of nitrogens with one attached hydrogen (secondary N) is 1. The minimum absolute atomic E-state index is 0.102. The number of carbonyl (C=O) groups is 1. The zero-order chi connectivity index (χ0) is 17.2. The van der Waals surface area contributed by atoms with Crippen molar-refractivity contribution in [3.8, 4) is 0 Å². The maximum Gasteiger partial charge on any atom is 0.336 e. The molecule has 2 aromatic carbocycles. The number of carboxylic acids is 1. The normalized spacial score (nSPS) is 11.3. The third-order valence-corrected chi connectivity index (χ3v) is 5.16. The molecule has 0 aliphatic heterocycles. The molecule has 0 fully saturated rings. The Morgan fingerprint density at radius 3 is 2.22 bits per heavy atom. The fraction of sp³-hybridized carbons (Fsp3) is 0.235. The number of carboxylic acid groups (broad SMARTS) is 1. The van der Waals surface area contributed by atoms with Gasteiger partial charge in [-0.05, 0) is 49.1 Å². The summed E-state index contributed by atoms with van der Waals surface area (Å²) >= 11 is 0. The van der Waals surface area contributed by atoms with E-state index in [1.807, 2.05) is 6.07 Å². The predicted molar refractivity (Wildman–Crippen MR) is 90.3 cm³/mol. The monoisotopic (exact) mass is 333 g/mol. The van der Waals surface area contributed by atoms with Crippen LogP contribution in [0.2, 0.25) is 0 Å². The summed E-state index contributed by atoms with van der Waals surface area (Å²) in [4.78, 5) is 11.3. The van der Waals surface area contributed by atoms with Crippen LogP contribution in [0.5, 0.6) is 0 Å². The number of hydrogen-bond acceptors (Lipinski definition) is 3. The standard InChI is InChI=1S/C17H19NO4S/c1-11-12(2)15(17(19)20)9-16(13(11)3)18-23(21,22)10-14-7-5-4-6-8-14/h4-9,18H,10H2,1-3H3,(H,19,20). The van der Waals surface area contributed by atoms with Crippen LogP contribution < -0.4 is 4.72 Å². The zero-order valence-electron chi connectivity index (χ0n) is 13.3. The molecule has 5 nitrogen and oxygen atoms in total. The third-order valence-electron chi connectivity index (χ3n) is 3.92. The number of benzene rings is 2. The van der Waals surface area contributed by atoms with Crippen molar-refractivity contribution in [2.45, 2.75) is 26.5 Å². The summed E-state index contributed by atoms with van der Waals surface area (Å²) in [6, 6.07) is 10.2. The van der Waals surface area contributed by atoms with Crippen LogP contribution in [0.25, 0.3) is 0 Å². The van der Waals surface area contributed by atoms with Crippen molar-refractivity contribution in [2.75, 3.05) is 4.72 Å². The van der Waals surface area contributed by atoms with Gasteiger partial charge in [0.15, 0.2) is 0 Å². The van der Waals surface area contributed by atoms with Crippen molar-refractivity contribution in [3.05, 3.63) is 64.2 Å². The summed E-state index contributed by atoms with van der Waals surface area (Å²) in [7, 11) is -3.63. The van der Waals surface area contributed by atoms with Crippen molar-refractivity contribution in [2.24, 2.45) is 0 Å². The highest BCUT2D eigenvalue weighted by atomic mass is 32.2. The van der Waals surface area contributed by atoms with E-state index in [0.717, 1.165) is 11.1 Å². The van der Waals surface area contributed by atoms with E-state index in [-0.39, 0.29) is 11.3 Å². The summed E-state index contributed by atoms with van der Waals surface area (Å²) in [5.74, 6) is -1.24. The molecule has 0 unspecified atom stereocenters. The molecule has 0 aliphatic carbocycles. The molecule has 2 aromatic rings. The lowest BCUT2D eigenvalue weighted by Gasteiger charge is -2.16. The molecule has 23 heavy (non-hydrogen) atoms. The lowest BCUT2D eigenvalue weighted by molar-refractivity contribution is 0.0696. The maximum atomic E-state index is 12.3. The fourth-order valence-corrected chi connectivity index (χ4v) is 3.62. The minimum atomic E-state index is -3.63. The summed E-state index contributed by atoms with van der Waals surface area (Å²) in [5, 5.41) is 9.26. The Morgan fingerprint density at radius 1 is 1.04 bits per heavy atom. The largest absolute Gasteiger partial charge is 0.478 e. The van der Waals surface area contributed by atoms with Crippen LogP contribution in [0.1, 0.15) is 32.6 Å². The lowest BCUT2D eigenvalue weighted by Crippen LogP contribution is -2.17. The predicted octanol–water partition coefficient (Wildman–Crippen LogP) is 3.25. The fourth-order valence-electron chi connectivity index (χ4n) is 2.37. The van der Waals surface area contributed by atoms with Gasteiger partial charge in [-0.2, -0.15) is 0 Å². The second-order valence-electron chi connectivity index (χ2n) is 5.50. The van der Waals surface area contributed by atoms with Crippen molar-refractivity contribution < 1.29 is 18.3 Å². The molecule has 0 aliphatic rings. The first-order valence-electron chi connectivity index (χ1n) is 7.10. The molecule has 0 saturated carbocycles. The second kappa shape index (κ2) is 6.42. The smallest absolute Gasteiger partial charge is 0.336 e. The Labute approximate surface area is 136 Å². The average Bonchev–Trinajstić information content (AvgIpc) is 2.48. The zero-order valence-corrected chi connectivity index (χ0v) is 14.1. The van der Waals surface area contributed by atoms with Gasteiger partial charge in [-0.15, -0.1) is 0 Å². The lowest BCUT2D eigenvalue weighted by atomic mass is 9.97. The van der Waals surface area contributed by atoms with Gasteiger partial charge in [0.2, 0.25) is 10.0 Å². The molecule has 0 spiro atoms. The van der Waals surface area contributed by atoms with Gasteiger partial charge in [0.05, 0.1) is 17.0 Å². The SMILES string of the molecule is Cc1c(NS(=O)(=O)Cc2ccccc2)cc(C(=O)O)c(C)c1C. The van der Waals surface area contributed by atoms with Gasteiger partial charge in [-0.25, -0.2) is 13.2 Å². The minimum Gasteiger partial charge on any atom is -0.478 e. The number of sulfonamides is 1. The third kappa shape index (κ3) is 3.90. The van der Waals surface area contributed by atoms with Gasteiger partial charge in [0, 0.05) is 0 Å². The molecule has 6 heteroatoms. The van der Waals surface area contributed by atoms with Crippen molar-refractivity contribution in [1.82, 2.24) is 0 Å². The molecule has 0 heterocycles. The van der Waals surface area contributed by atoms with Crippen LogP contribution in [0.15, 0.2) is 36.4 Å². The van der Waals surface area contributed by atoms with Crippen LogP contribution in [0, 0.1) is 20.8 Å². The topological polar surface area (TPSA) is 83.5 Å². The molecule has 2 rings (SSSR count). The van der Waals surface area contributed by atoms with Crippen LogP contribution in [0.4, 0.5) is 5.69 Å². The van der Waals surface area contributed by atoms with Gasteiger partial charge in [-0.3, -0.25) is 4.72 Å². The average molecular weight is 333 g/mol. The van der Waals surface area contributed by atoms with E-state index >= 15 is 0 Å². The first kappa shape index (κ1) is 17.0. The molecule has 0 saturated heterocycles. The second-order valence-corrected chi connectivity index (χ2v) is 7.22. The van der Waals surface area contributed by atoms with Crippen molar-refractivity contribution in [3.63, 3.8) is 0 Å². The Kier molecular flexibility index (Phi) is 4.75. The van der Waals surface area contributed by atoms with Gasteiger partial charge >= 0.3 is 5.97 Å². The van der Waals surface area contributed by atoms with Gasteiger partial charge in [0.25, 0.3) is 0 Å². The highest BCUT2D eigenvalue weighted by Crippen LogP contribution is 2.27. The number of anilines is 1. The van der Waals surface area contributed by atoms with E-state index in [4.69, 9.17) is 0 Å². The van der Waals surface area contributed by atoms with E-state index < -0.39 is 16.0 Å². The van der Waals surface area contributed by atoms with Crippen molar-refractivity contribution >= 4 is 21.7 Å². The quantitative estimate of drug-likeness (QED) is 0.880. The van der Waals surface area contributed by atoms with Gasteiger partial charge in [-0.1, -0.05) is 30.3 Å². The van der Waals surface area contributed by atoms with E-state index in [1.54, 1.807) is 45.0 Å².